The van der Waals surface area contributed by atoms with Crippen molar-refractivity contribution >= 4 is 34.0 Å². The van der Waals surface area contributed by atoms with Crippen LogP contribution in [0.25, 0.3) is 16.5 Å². The van der Waals surface area contributed by atoms with Crippen molar-refractivity contribution in [3.8, 4) is 23.4 Å². The number of rotatable bonds is 3. The highest BCUT2D eigenvalue weighted by molar-refractivity contribution is 6.37. The van der Waals surface area contributed by atoms with Crippen LogP contribution in [-0.4, -0.2) is 29.9 Å². The van der Waals surface area contributed by atoms with E-state index in [1.165, 1.54) is 30.6 Å². The highest BCUT2D eigenvalue weighted by atomic mass is 35.5. The van der Waals surface area contributed by atoms with Gasteiger partial charge in [-0.05, 0) is 18.2 Å². The summed E-state index contributed by atoms with van der Waals surface area (Å²) in [6.07, 6.45) is 2.82. The van der Waals surface area contributed by atoms with Crippen LogP contribution in [0, 0.1) is 11.3 Å². The second-order valence-corrected chi connectivity index (χ2v) is 6.57. The van der Waals surface area contributed by atoms with Crippen molar-refractivity contribution < 1.29 is 4.74 Å². The number of hydrogen-bond donors (Lipinski definition) is 3. The highest BCUT2D eigenvalue weighted by Crippen LogP contribution is 2.38. The summed E-state index contributed by atoms with van der Waals surface area (Å²) in [5.41, 5.74) is -2.69. The molecule has 0 saturated heterocycles. The van der Waals surface area contributed by atoms with Crippen LogP contribution in [0.15, 0.2) is 45.0 Å². The molecule has 0 saturated carbocycles. The van der Waals surface area contributed by atoms with E-state index in [9.17, 15) is 14.4 Å². The molecular formula is C17H10Cl2N8O4. The molecule has 0 aliphatic carbocycles. The van der Waals surface area contributed by atoms with Crippen molar-refractivity contribution in [3.63, 3.8) is 0 Å². The molecule has 0 bridgehead atoms. The van der Waals surface area contributed by atoms with Crippen molar-refractivity contribution in [2.45, 2.75) is 0 Å². The van der Waals surface area contributed by atoms with E-state index in [1.807, 2.05) is 4.98 Å². The first-order chi connectivity index (χ1) is 14.4. The van der Waals surface area contributed by atoms with Gasteiger partial charge in [0.1, 0.15) is 6.07 Å². The topological polar surface area (TPSA) is 194 Å². The van der Waals surface area contributed by atoms with Gasteiger partial charge < -0.3 is 10.9 Å². The Bertz CT molecular complexity index is 1510. The number of aromatic nitrogens is 6. The number of nitrogens with one attached hydrogen (secondary N) is 2. The van der Waals surface area contributed by atoms with Crippen molar-refractivity contribution in [3.05, 3.63) is 77.5 Å². The number of H-pyrrole nitrogens is 2. The van der Waals surface area contributed by atoms with Gasteiger partial charge >= 0.3 is 5.69 Å². The van der Waals surface area contributed by atoms with Gasteiger partial charge in [-0.1, -0.05) is 23.2 Å². The van der Waals surface area contributed by atoms with E-state index < -0.39 is 22.5 Å². The van der Waals surface area contributed by atoms with Gasteiger partial charge in [0.2, 0.25) is 11.6 Å². The largest absolute Gasteiger partial charge is 0.434 e. The first-order valence-electron chi connectivity index (χ1n) is 8.02. The third-order valence-corrected chi connectivity index (χ3v) is 4.48. The zero-order valence-corrected chi connectivity index (χ0v) is 16.7. The summed E-state index contributed by atoms with van der Waals surface area (Å²) < 4.78 is 6.47. The second-order valence-electron chi connectivity index (χ2n) is 5.75. The first kappa shape index (κ1) is 21.7. The molecule has 0 spiro atoms. The Morgan fingerprint density at radius 2 is 1.81 bits per heavy atom. The SMILES string of the molecule is N.N#Cc1nn(-c2cc(Cl)c(Oc3n[nH]c(=O)c4cnccc34)c(Cl)c2)c(=O)[nH]c1=O. The molecule has 12 nitrogen and oxygen atoms in total. The van der Waals surface area contributed by atoms with Crippen LogP contribution in [0.3, 0.4) is 0 Å². The Balaban J connectivity index is 0.00000272. The van der Waals surface area contributed by atoms with Gasteiger partial charge in [0.15, 0.2) is 5.75 Å². The van der Waals surface area contributed by atoms with E-state index in [0.717, 1.165) is 4.68 Å². The minimum atomic E-state index is -0.915. The third kappa shape index (κ3) is 3.88. The van der Waals surface area contributed by atoms with E-state index in [0.29, 0.717) is 5.39 Å². The summed E-state index contributed by atoms with van der Waals surface area (Å²) in [4.78, 5) is 41.3. The van der Waals surface area contributed by atoms with Crippen LogP contribution in [0.2, 0.25) is 10.0 Å². The Labute approximate surface area is 181 Å². The van der Waals surface area contributed by atoms with Crippen LogP contribution >= 0.6 is 23.2 Å². The summed E-state index contributed by atoms with van der Waals surface area (Å²) in [6, 6.07) is 5.71. The lowest BCUT2D eigenvalue weighted by atomic mass is 10.2. The van der Waals surface area contributed by atoms with Gasteiger partial charge in [-0.25, -0.2) is 9.89 Å². The summed E-state index contributed by atoms with van der Waals surface area (Å²) >= 11 is 12.5. The van der Waals surface area contributed by atoms with Gasteiger partial charge in [-0.2, -0.15) is 9.94 Å². The predicted octanol–water partition coefficient (Wildman–Crippen LogP) is 1.69. The smallest absolute Gasteiger partial charge is 0.349 e. The second kappa shape index (κ2) is 8.36. The lowest BCUT2D eigenvalue weighted by Crippen LogP contribution is -2.33. The molecule has 156 valence electrons. The number of hydrogen-bond acceptors (Lipinski definition) is 9. The van der Waals surface area contributed by atoms with Gasteiger partial charge in [0.25, 0.3) is 11.1 Å². The van der Waals surface area contributed by atoms with E-state index in [4.69, 9.17) is 33.2 Å². The number of aromatic amines is 2. The molecule has 0 fully saturated rings. The first-order valence-corrected chi connectivity index (χ1v) is 8.78. The molecular weight excluding hydrogens is 451 g/mol. The zero-order chi connectivity index (χ0) is 21.4. The van der Waals surface area contributed by atoms with Crippen molar-refractivity contribution in [1.29, 1.82) is 5.26 Å². The molecule has 0 aliphatic heterocycles. The number of halogens is 2. The average molecular weight is 461 g/mol. The number of fused-ring (bicyclic) bond motifs is 1. The molecule has 3 heterocycles. The predicted molar refractivity (Wildman–Crippen MR) is 110 cm³/mol. The molecule has 4 aromatic rings. The van der Waals surface area contributed by atoms with E-state index in [1.54, 1.807) is 6.07 Å². The molecule has 5 N–H and O–H groups in total. The number of nitriles is 1. The minimum absolute atomic E-state index is 0. The quantitative estimate of drug-likeness (QED) is 0.407. The number of pyridine rings is 1. The minimum Gasteiger partial charge on any atom is -0.434 e. The third-order valence-electron chi connectivity index (χ3n) is 3.92. The Hall–Kier alpha value is -4.05. The molecule has 14 heteroatoms. The highest BCUT2D eigenvalue weighted by Gasteiger charge is 2.17. The maximum absolute atomic E-state index is 12.1. The molecule has 1 aromatic carbocycles. The fraction of sp³-hybridized carbons (Fsp3) is 0. The monoisotopic (exact) mass is 460 g/mol. The van der Waals surface area contributed by atoms with Gasteiger partial charge in [0.05, 0.1) is 26.5 Å². The maximum Gasteiger partial charge on any atom is 0.349 e. The number of nitrogens with zero attached hydrogens (tertiary/aromatic N) is 5. The normalized spacial score (nSPS) is 10.4. The molecule has 3 aromatic heterocycles. The van der Waals surface area contributed by atoms with E-state index in [-0.39, 0.29) is 38.9 Å². The lowest BCUT2D eigenvalue weighted by Gasteiger charge is -2.12. The van der Waals surface area contributed by atoms with Crippen molar-refractivity contribution in [2.75, 3.05) is 0 Å². The summed E-state index contributed by atoms with van der Waals surface area (Å²) in [5.74, 6) is 0.0207. The van der Waals surface area contributed by atoms with Crippen LogP contribution in [-0.2, 0) is 0 Å². The molecule has 0 aliphatic rings. The molecule has 0 radical (unpaired) electrons. The number of benzene rings is 1. The zero-order valence-electron chi connectivity index (χ0n) is 15.2. The summed E-state index contributed by atoms with van der Waals surface area (Å²) in [5, 5.41) is 19.4. The van der Waals surface area contributed by atoms with Crippen molar-refractivity contribution in [1.82, 2.24) is 36.1 Å². The van der Waals surface area contributed by atoms with Gasteiger partial charge in [-0.15, -0.1) is 10.2 Å². The standard InChI is InChI=1S/C17H7Cl2N7O4.H3N/c18-10-3-7(26-17(29)22-15(28)12(5-20)25-26)4-11(19)13(10)30-16-8-1-2-21-6-9(8)14(27)23-24-16;/h1-4,6H,(H,23,27)(H,22,28,29);1H3. The molecule has 0 amide bonds. The number of ether oxygens (including phenoxy) is 1. The van der Waals surface area contributed by atoms with Crippen LogP contribution in [0.5, 0.6) is 11.6 Å². The maximum atomic E-state index is 12.1. The van der Waals surface area contributed by atoms with E-state index >= 15 is 0 Å². The molecule has 0 atom stereocenters. The Morgan fingerprint density at radius 3 is 2.48 bits per heavy atom. The van der Waals surface area contributed by atoms with Crippen LogP contribution in [0.4, 0.5) is 0 Å². The fourth-order valence-electron chi connectivity index (χ4n) is 2.57. The van der Waals surface area contributed by atoms with Crippen LogP contribution in [0.1, 0.15) is 5.69 Å². The lowest BCUT2D eigenvalue weighted by molar-refractivity contribution is 0.461. The molecule has 4 rings (SSSR count). The van der Waals surface area contributed by atoms with E-state index in [2.05, 4.69) is 20.3 Å². The fourth-order valence-corrected chi connectivity index (χ4v) is 3.13. The van der Waals surface area contributed by atoms with Crippen LogP contribution < -0.4 is 27.7 Å². The van der Waals surface area contributed by atoms with Gasteiger partial charge in [0, 0.05) is 12.4 Å². The van der Waals surface area contributed by atoms with Gasteiger partial charge in [-0.3, -0.25) is 19.6 Å². The molecule has 31 heavy (non-hydrogen) atoms. The van der Waals surface area contributed by atoms with Crippen molar-refractivity contribution in [2.24, 2.45) is 0 Å². The average Bonchev–Trinajstić information content (AvgIpc) is 2.72. The summed E-state index contributed by atoms with van der Waals surface area (Å²) in [7, 11) is 0. The Morgan fingerprint density at radius 1 is 1.10 bits per heavy atom. The molecule has 0 unspecified atom stereocenters. The summed E-state index contributed by atoms with van der Waals surface area (Å²) in [6.45, 7) is 0. The Kier molecular flexibility index (Phi) is 5.84.